The van der Waals surface area contributed by atoms with E-state index in [0.29, 0.717) is 19.0 Å². The fourth-order valence-electron chi connectivity index (χ4n) is 3.68. The van der Waals surface area contributed by atoms with Crippen molar-refractivity contribution in [2.45, 2.75) is 40.5 Å². The van der Waals surface area contributed by atoms with Crippen LogP contribution >= 0.6 is 11.3 Å². The molecule has 0 aliphatic carbocycles. The van der Waals surface area contributed by atoms with E-state index in [0.717, 1.165) is 50.4 Å². The van der Waals surface area contributed by atoms with Crippen LogP contribution in [0.4, 0.5) is 0 Å². The van der Waals surface area contributed by atoms with E-state index in [4.69, 9.17) is 0 Å². The molecule has 6 heteroatoms. The Balaban J connectivity index is 1.90. The first-order valence-electron chi connectivity index (χ1n) is 10.3. The molecular weight excluding hydrogens is 358 g/mol. The third kappa shape index (κ3) is 6.32. The first-order valence-corrected chi connectivity index (χ1v) is 11.2. The molecule has 0 spiro atoms. The molecule has 1 aliphatic rings. The highest BCUT2D eigenvalue weighted by molar-refractivity contribution is 7.12. The molecule has 1 aliphatic heterocycles. The lowest BCUT2D eigenvalue weighted by Crippen LogP contribution is -2.47. The topological polar surface area (TPSA) is 43.9 Å². The lowest BCUT2D eigenvalue weighted by Gasteiger charge is -2.35. The molecule has 0 unspecified atom stereocenters. The first-order chi connectivity index (χ1) is 13.0. The predicted octanol–water partition coefficient (Wildman–Crippen LogP) is 3.43. The van der Waals surface area contributed by atoms with Gasteiger partial charge in [0.05, 0.1) is 4.88 Å². The Morgan fingerprint density at radius 3 is 2.37 bits per heavy atom. The first kappa shape index (κ1) is 21.9. The van der Waals surface area contributed by atoms with Crippen LogP contribution in [0.5, 0.6) is 0 Å². The van der Waals surface area contributed by atoms with Gasteiger partial charge >= 0.3 is 0 Å². The summed E-state index contributed by atoms with van der Waals surface area (Å²) in [5.74, 6) is 0.898. The number of hydrogen-bond donors (Lipinski definition) is 0. The van der Waals surface area contributed by atoms with Crippen molar-refractivity contribution in [3.8, 4) is 0 Å². The predicted molar refractivity (Wildman–Crippen MR) is 112 cm³/mol. The second-order valence-electron chi connectivity index (χ2n) is 7.75. The van der Waals surface area contributed by atoms with E-state index >= 15 is 0 Å². The maximum Gasteiger partial charge on any atom is 0.263 e. The van der Waals surface area contributed by atoms with Crippen molar-refractivity contribution in [1.82, 2.24) is 14.7 Å². The highest BCUT2D eigenvalue weighted by Gasteiger charge is 2.31. The molecule has 0 aromatic carbocycles. The molecule has 1 saturated heterocycles. The average molecular weight is 394 g/mol. The normalized spacial score (nSPS) is 15.6. The van der Waals surface area contributed by atoms with Crippen LogP contribution in [0.3, 0.4) is 0 Å². The van der Waals surface area contributed by atoms with E-state index in [1.54, 1.807) is 0 Å². The van der Waals surface area contributed by atoms with Crippen molar-refractivity contribution in [2.75, 3.05) is 45.8 Å². The van der Waals surface area contributed by atoms with Gasteiger partial charge in [-0.1, -0.05) is 33.8 Å². The van der Waals surface area contributed by atoms with Gasteiger partial charge in [0.25, 0.3) is 5.91 Å². The highest BCUT2D eigenvalue weighted by atomic mass is 32.1. The quantitative estimate of drug-likeness (QED) is 0.646. The number of rotatable bonds is 9. The third-order valence-electron chi connectivity index (χ3n) is 5.34. The summed E-state index contributed by atoms with van der Waals surface area (Å²) in [7, 11) is 0. The zero-order valence-electron chi connectivity index (χ0n) is 17.3. The number of carbonyl (C=O) groups excluding carboxylic acids is 2. The number of likely N-dealkylation sites (N-methyl/N-ethyl adjacent to an activating group) is 1. The molecule has 0 saturated carbocycles. The lowest BCUT2D eigenvalue weighted by atomic mass is 9.94. The van der Waals surface area contributed by atoms with E-state index in [1.807, 2.05) is 22.4 Å². The number of hydrogen-bond acceptors (Lipinski definition) is 4. The fraction of sp³-hybridized carbons (Fsp3) is 0.714. The minimum Gasteiger partial charge on any atom is -0.341 e. The van der Waals surface area contributed by atoms with Gasteiger partial charge in [0, 0.05) is 38.6 Å². The maximum absolute atomic E-state index is 13.1. The van der Waals surface area contributed by atoms with Crippen LogP contribution in [0.1, 0.15) is 50.2 Å². The Hall–Kier alpha value is -1.40. The molecule has 2 rings (SSSR count). The molecular formula is C21H35N3O2S. The molecule has 1 aromatic rings. The largest absolute Gasteiger partial charge is 0.341 e. The zero-order valence-corrected chi connectivity index (χ0v) is 18.1. The van der Waals surface area contributed by atoms with Gasteiger partial charge in [0.15, 0.2) is 0 Å². The number of likely N-dealkylation sites (tertiary alicyclic amines) is 1. The second kappa shape index (κ2) is 10.8. The fourth-order valence-corrected chi connectivity index (χ4v) is 4.37. The Labute approximate surface area is 168 Å². The molecule has 0 atom stereocenters. The smallest absolute Gasteiger partial charge is 0.263 e. The standard InChI is InChI=1S/C21H35N3O2S/c1-5-22(6-2)13-14-24(16-17(3)4)20(25)18-9-11-23(12-10-18)21(26)19-8-7-15-27-19/h7-8,15,17-18H,5-6,9-14,16H2,1-4H3. The highest BCUT2D eigenvalue weighted by Crippen LogP contribution is 2.23. The summed E-state index contributed by atoms with van der Waals surface area (Å²) in [6.45, 7) is 14.6. The second-order valence-corrected chi connectivity index (χ2v) is 8.70. The summed E-state index contributed by atoms with van der Waals surface area (Å²) < 4.78 is 0. The summed E-state index contributed by atoms with van der Waals surface area (Å²) >= 11 is 1.49. The summed E-state index contributed by atoms with van der Waals surface area (Å²) in [6, 6.07) is 3.79. The van der Waals surface area contributed by atoms with Crippen molar-refractivity contribution in [2.24, 2.45) is 11.8 Å². The van der Waals surface area contributed by atoms with Gasteiger partial charge in [-0.05, 0) is 43.3 Å². The van der Waals surface area contributed by atoms with Crippen LogP contribution in [0.2, 0.25) is 0 Å². The van der Waals surface area contributed by atoms with Gasteiger partial charge in [-0.15, -0.1) is 11.3 Å². The Morgan fingerprint density at radius 2 is 1.85 bits per heavy atom. The summed E-state index contributed by atoms with van der Waals surface area (Å²) in [4.78, 5) is 32.7. The molecule has 27 heavy (non-hydrogen) atoms. The molecule has 152 valence electrons. The Bertz CT molecular complexity index is 576. The number of piperidine rings is 1. The number of amides is 2. The van der Waals surface area contributed by atoms with Crippen molar-refractivity contribution in [3.05, 3.63) is 22.4 Å². The molecule has 1 fully saturated rings. The van der Waals surface area contributed by atoms with Crippen LogP contribution in [0.25, 0.3) is 0 Å². The van der Waals surface area contributed by atoms with Crippen LogP contribution < -0.4 is 0 Å². The van der Waals surface area contributed by atoms with E-state index in [1.165, 1.54) is 11.3 Å². The molecule has 0 N–H and O–H groups in total. The Kier molecular flexibility index (Phi) is 8.77. The van der Waals surface area contributed by atoms with Crippen molar-refractivity contribution >= 4 is 23.2 Å². The van der Waals surface area contributed by atoms with Gasteiger partial charge in [0.2, 0.25) is 5.91 Å². The van der Waals surface area contributed by atoms with E-state index in [2.05, 4.69) is 37.5 Å². The van der Waals surface area contributed by atoms with Crippen molar-refractivity contribution in [1.29, 1.82) is 0 Å². The summed E-state index contributed by atoms with van der Waals surface area (Å²) in [5, 5.41) is 1.93. The molecule has 0 radical (unpaired) electrons. The van der Waals surface area contributed by atoms with E-state index in [-0.39, 0.29) is 17.7 Å². The molecule has 1 aromatic heterocycles. The zero-order chi connectivity index (χ0) is 19.8. The number of carbonyl (C=O) groups is 2. The van der Waals surface area contributed by atoms with Gasteiger partial charge in [-0.2, -0.15) is 0 Å². The Morgan fingerprint density at radius 1 is 1.19 bits per heavy atom. The van der Waals surface area contributed by atoms with E-state index < -0.39 is 0 Å². The molecule has 5 nitrogen and oxygen atoms in total. The molecule has 0 bridgehead atoms. The van der Waals surface area contributed by atoms with Gasteiger partial charge in [-0.25, -0.2) is 0 Å². The summed E-state index contributed by atoms with van der Waals surface area (Å²) in [5.41, 5.74) is 0. The van der Waals surface area contributed by atoms with Crippen molar-refractivity contribution < 1.29 is 9.59 Å². The van der Waals surface area contributed by atoms with E-state index in [9.17, 15) is 9.59 Å². The molecule has 2 heterocycles. The minimum atomic E-state index is 0.0489. The minimum absolute atomic E-state index is 0.0489. The lowest BCUT2D eigenvalue weighted by molar-refractivity contribution is -0.137. The van der Waals surface area contributed by atoms with Gasteiger partial charge in [-0.3, -0.25) is 9.59 Å². The number of nitrogens with zero attached hydrogens (tertiary/aromatic N) is 3. The molecule has 2 amide bonds. The van der Waals surface area contributed by atoms with Crippen LogP contribution in [-0.2, 0) is 4.79 Å². The summed E-state index contributed by atoms with van der Waals surface area (Å²) in [6.07, 6.45) is 1.55. The maximum atomic E-state index is 13.1. The van der Waals surface area contributed by atoms with Crippen LogP contribution in [0.15, 0.2) is 17.5 Å². The van der Waals surface area contributed by atoms with Gasteiger partial charge < -0.3 is 14.7 Å². The van der Waals surface area contributed by atoms with Gasteiger partial charge in [0.1, 0.15) is 0 Å². The van der Waals surface area contributed by atoms with Crippen LogP contribution in [-0.4, -0.2) is 72.3 Å². The van der Waals surface area contributed by atoms with Crippen LogP contribution in [0, 0.1) is 11.8 Å². The average Bonchev–Trinajstić information content (AvgIpc) is 3.21. The monoisotopic (exact) mass is 393 g/mol. The van der Waals surface area contributed by atoms with Crippen molar-refractivity contribution in [3.63, 3.8) is 0 Å². The number of thiophene rings is 1. The SMILES string of the molecule is CCN(CC)CCN(CC(C)C)C(=O)C1CCN(C(=O)c2cccs2)CC1. The third-order valence-corrected chi connectivity index (χ3v) is 6.20.